The standard InChI is InChI=1S/C23H26ClN3O3/c1-29-16-9-10-18(22(13-16)30-2)20-14-21(17-7-3-4-8-19(17)24)27(25-20)23(28)15-26-11-5-6-12-26/h3-4,7-10,13,21H,5-6,11-12,14-15H2,1-2H3. The van der Waals surface area contributed by atoms with Gasteiger partial charge in [0.2, 0.25) is 0 Å². The molecule has 30 heavy (non-hydrogen) atoms. The second-order valence-electron chi connectivity index (χ2n) is 7.58. The number of amides is 1. The molecule has 1 unspecified atom stereocenters. The van der Waals surface area contributed by atoms with Gasteiger partial charge in [0.15, 0.2) is 0 Å². The van der Waals surface area contributed by atoms with Gasteiger partial charge in [-0.25, -0.2) is 5.01 Å². The van der Waals surface area contributed by atoms with E-state index in [1.165, 1.54) is 0 Å². The van der Waals surface area contributed by atoms with Gasteiger partial charge >= 0.3 is 0 Å². The number of hydrazone groups is 1. The number of likely N-dealkylation sites (tertiary alicyclic amines) is 1. The van der Waals surface area contributed by atoms with Gasteiger partial charge in [-0.05, 0) is 49.7 Å². The van der Waals surface area contributed by atoms with Gasteiger partial charge in [0.05, 0.1) is 32.5 Å². The summed E-state index contributed by atoms with van der Waals surface area (Å²) in [6.07, 6.45) is 2.84. The lowest BCUT2D eigenvalue weighted by Gasteiger charge is -2.25. The van der Waals surface area contributed by atoms with Crippen LogP contribution in [0.15, 0.2) is 47.6 Å². The van der Waals surface area contributed by atoms with Crippen LogP contribution in [-0.4, -0.2) is 55.4 Å². The Morgan fingerprint density at radius 1 is 1.13 bits per heavy atom. The topological polar surface area (TPSA) is 54.4 Å². The Balaban J connectivity index is 1.68. The monoisotopic (exact) mass is 427 g/mol. The van der Waals surface area contributed by atoms with Gasteiger partial charge in [0, 0.05) is 23.1 Å². The van der Waals surface area contributed by atoms with E-state index in [0.717, 1.165) is 42.8 Å². The minimum absolute atomic E-state index is 0.00991. The Labute approximate surface area is 182 Å². The zero-order chi connectivity index (χ0) is 21.1. The van der Waals surface area contributed by atoms with Crippen LogP contribution in [0.2, 0.25) is 5.02 Å². The molecule has 0 spiro atoms. The van der Waals surface area contributed by atoms with Gasteiger partial charge in [-0.3, -0.25) is 9.69 Å². The molecule has 6 nitrogen and oxygen atoms in total. The molecule has 7 heteroatoms. The molecule has 0 bridgehead atoms. The highest BCUT2D eigenvalue weighted by Gasteiger charge is 2.35. The van der Waals surface area contributed by atoms with Crippen LogP contribution in [0.4, 0.5) is 0 Å². The number of halogens is 1. The van der Waals surface area contributed by atoms with Crippen LogP contribution in [0.1, 0.15) is 36.4 Å². The summed E-state index contributed by atoms with van der Waals surface area (Å²) in [5, 5.41) is 7.01. The zero-order valence-corrected chi connectivity index (χ0v) is 18.1. The maximum Gasteiger partial charge on any atom is 0.257 e. The van der Waals surface area contributed by atoms with Crippen LogP contribution in [0, 0.1) is 0 Å². The predicted octanol–water partition coefficient (Wildman–Crippen LogP) is 4.13. The van der Waals surface area contributed by atoms with Crippen LogP contribution in [-0.2, 0) is 4.79 Å². The van der Waals surface area contributed by atoms with Crippen molar-refractivity contribution in [1.29, 1.82) is 0 Å². The summed E-state index contributed by atoms with van der Waals surface area (Å²) < 4.78 is 10.9. The van der Waals surface area contributed by atoms with Gasteiger partial charge < -0.3 is 9.47 Å². The van der Waals surface area contributed by atoms with E-state index in [1.54, 1.807) is 19.2 Å². The van der Waals surface area contributed by atoms with E-state index in [-0.39, 0.29) is 11.9 Å². The van der Waals surface area contributed by atoms with Gasteiger partial charge in [-0.1, -0.05) is 29.8 Å². The number of hydrogen-bond acceptors (Lipinski definition) is 5. The second kappa shape index (κ2) is 9.06. The van der Waals surface area contributed by atoms with Crippen molar-refractivity contribution in [3.63, 3.8) is 0 Å². The first-order valence-corrected chi connectivity index (χ1v) is 10.6. The number of carbonyl (C=O) groups excluding carboxylic acids is 1. The second-order valence-corrected chi connectivity index (χ2v) is 7.98. The molecule has 0 aromatic heterocycles. The van der Waals surface area contributed by atoms with Crippen molar-refractivity contribution in [1.82, 2.24) is 9.91 Å². The molecule has 2 aliphatic rings. The SMILES string of the molecule is COc1ccc(C2=NN(C(=O)CN3CCCC3)C(c3ccccc3Cl)C2)c(OC)c1. The Morgan fingerprint density at radius 3 is 2.60 bits per heavy atom. The maximum atomic E-state index is 13.2. The van der Waals surface area contributed by atoms with Gasteiger partial charge in [-0.2, -0.15) is 5.10 Å². The minimum Gasteiger partial charge on any atom is -0.497 e. The Morgan fingerprint density at radius 2 is 1.90 bits per heavy atom. The van der Waals surface area contributed by atoms with Gasteiger partial charge in [0.25, 0.3) is 5.91 Å². The molecule has 1 fully saturated rings. The number of rotatable bonds is 6. The molecule has 0 aliphatic carbocycles. The van der Waals surface area contributed by atoms with E-state index >= 15 is 0 Å². The average molecular weight is 428 g/mol. The fourth-order valence-corrected chi connectivity index (χ4v) is 4.39. The highest BCUT2D eigenvalue weighted by molar-refractivity contribution is 6.31. The molecule has 158 valence electrons. The van der Waals surface area contributed by atoms with E-state index in [4.69, 9.17) is 26.2 Å². The molecular formula is C23H26ClN3O3. The molecule has 1 atom stereocenters. The van der Waals surface area contributed by atoms with Crippen molar-refractivity contribution in [2.24, 2.45) is 5.10 Å². The Kier molecular flexibility index (Phi) is 6.25. The lowest BCUT2D eigenvalue weighted by atomic mass is 9.97. The molecule has 2 aromatic carbocycles. The molecule has 2 aromatic rings. The van der Waals surface area contributed by atoms with Crippen LogP contribution < -0.4 is 9.47 Å². The van der Waals surface area contributed by atoms with E-state index < -0.39 is 0 Å². The molecule has 2 heterocycles. The molecule has 4 rings (SSSR count). The molecule has 0 saturated carbocycles. The average Bonchev–Trinajstić information content (AvgIpc) is 3.43. The van der Waals surface area contributed by atoms with Crippen LogP contribution in [0.25, 0.3) is 0 Å². The number of hydrogen-bond donors (Lipinski definition) is 0. The van der Waals surface area contributed by atoms with Crippen LogP contribution in [0.5, 0.6) is 11.5 Å². The minimum atomic E-state index is -0.240. The van der Waals surface area contributed by atoms with Crippen molar-refractivity contribution >= 4 is 23.2 Å². The van der Waals surface area contributed by atoms with Crippen molar-refractivity contribution < 1.29 is 14.3 Å². The zero-order valence-electron chi connectivity index (χ0n) is 17.3. The molecule has 2 aliphatic heterocycles. The summed E-state index contributed by atoms with van der Waals surface area (Å²) in [5.74, 6) is 1.36. The third-order valence-electron chi connectivity index (χ3n) is 5.71. The summed E-state index contributed by atoms with van der Waals surface area (Å²) in [7, 11) is 3.24. The van der Waals surface area contributed by atoms with Crippen molar-refractivity contribution in [3.8, 4) is 11.5 Å². The highest BCUT2D eigenvalue weighted by atomic mass is 35.5. The third kappa shape index (κ3) is 4.16. The van der Waals surface area contributed by atoms with E-state index in [2.05, 4.69) is 4.90 Å². The number of benzene rings is 2. The molecule has 0 N–H and O–H groups in total. The summed E-state index contributed by atoms with van der Waals surface area (Å²) in [6, 6.07) is 13.0. The van der Waals surface area contributed by atoms with Crippen molar-refractivity contribution in [3.05, 3.63) is 58.6 Å². The predicted molar refractivity (Wildman–Crippen MR) is 117 cm³/mol. The molecule has 1 amide bonds. The van der Waals surface area contributed by atoms with Crippen LogP contribution in [0.3, 0.4) is 0 Å². The largest absolute Gasteiger partial charge is 0.497 e. The maximum absolute atomic E-state index is 13.2. The third-order valence-corrected chi connectivity index (χ3v) is 6.05. The van der Waals surface area contributed by atoms with Gasteiger partial charge in [0.1, 0.15) is 11.5 Å². The first kappa shape index (κ1) is 20.7. The first-order valence-electron chi connectivity index (χ1n) is 10.2. The van der Waals surface area contributed by atoms with Gasteiger partial charge in [-0.15, -0.1) is 0 Å². The summed E-state index contributed by atoms with van der Waals surface area (Å²) >= 11 is 6.50. The first-order chi connectivity index (χ1) is 14.6. The van der Waals surface area contributed by atoms with E-state index in [9.17, 15) is 4.79 Å². The molecule has 0 radical (unpaired) electrons. The highest BCUT2D eigenvalue weighted by Crippen LogP contribution is 2.38. The Bertz CT molecular complexity index is 956. The summed E-state index contributed by atoms with van der Waals surface area (Å²) in [6.45, 7) is 2.29. The number of ether oxygens (including phenoxy) is 2. The smallest absolute Gasteiger partial charge is 0.257 e. The summed E-state index contributed by atoms with van der Waals surface area (Å²) in [5.41, 5.74) is 2.56. The molecule has 1 saturated heterocycles. The number of methoxy groups -OCH3 is 2. The van der Waals surface area contributed by atoms with E-state index in [1.807, 2.05) is 42.5 Å². The Hall–Kier alpha value is -2.57. The number of nitrogens with zero attached hydrogens (tertiary/aromatic N) is 3. The fraction of sp³-hybridized carbons (Fsp3) is 0.391. The number of carbonyl (C=O) groups is 1. The fourth-order valence-electron chi connectivity index (χ4n) is 4.13. The normalized spacial score (nSPS) is 19.1. The molecular weight excluding hydrogens is 402 g/mol. The summed E-state index contributed by atoms with van der Waals surface area (Å²) in [4.78, 5) is 15.4. The quantitative estimate of drug-likeness (QED) is 0.695. The lowest BCUT2D eigenvalue weighted by Crippen LogP contribution is -2.37. The lowest BCUT2D eigenvalue weighted by molar-refractivity contribution is -0.134. The van der Waals surface area contributed by atoms with Crippen molar-refractivity contribution in [2.45, 2.75) is 25.3 Å². The van der Waals surface area contributed by atoms with Crippen LogP contribution >= 0.6 is 11.6 Å². The van der Waals surface area contributed by atoms with E-state index in [0.29, 0.717) is 29.5 Å². The van der Waals surface area contributed by atoms with Crippen molar-refractivity contribution in [2.75, 3.05) is 33.9 Å².